The van der Waals surface area contributed by atoms with Crippen molar-refractivity contribution in [2.24, 2.45) is 10.9 Å². The molecule has 2 fully saturated rings. The number of fused-ring (bicyclic) bond motifs is 3. The minimum absolute atomic E-state index is 0. The SMILES string of the molecule is CC(C)CC(=O)O[C@H]1C[C@@H]2O[C@@]3(CCCCCCC(C(CCCCCCOCC(COS(=O)(=O)[O-])NS(=O)(=O)[O-])OS(=O)(=O)O)OC(=O)CN=C([O-])/C=C\CCCCC[C@H]2O3)C1.[Na+].[Na+].[Na+]. The van der Waals surface area contributed by atoms with Crippen LogP contribution in [-0.2, 0) is 72.7 Å². The molecule has 2 N–H and O–H groups in total. The second kappa shape index (κ2) is 33.3. The number of allylic oxidation sites excluding steroid dienone is 1. The molecule has 0 saturated carbocycles. The number of hydrogen-bond donors (Lipinski definition) is 2. The van der Waals surface area contributed by atoms with Gasteiger partial charge in [0, 0.05) is 32.3 Å². The number of esters is 2. The molecule has 0 radical (unpaired) electrons. The molecule has 3 unspecified atom stereocenters. The average molecular weight is 1020 g/mol. The minimum Gasteiger partial charge on any atom is -0.859 e. The van der Waals surface area contributed by atoms with Crippen LogP contribution >= 0.6 is 0 Å². The molecule has 3 aliphatic rings. The number of nitrogens with zero attached hydrogens (tertiary/aromatic N) is 1. The standard InChI is InChI=1S/C38H66N2O19S3.3Na/c1-28(2)22-36(42)55-30-23-34-32-17-11-4-3-5-13-19-35(41)39-25-37(43)56-31(16-10-6-8-14-20-38(24-30,57-32)58-34)33(59-62(50,51)52)18-12-7-9-15-21-53-26-29(40-60(44,45)46)27-54-61(47,48)49;;;/h13,19,28-34,40H,3-12,14-18,20-27H2,1-2H3,(H,39,41)(H,44,45,46)(H,47,48,49)(H,50,51,52);;;/q;3*+1/p-3/b19-13-;;;/t29?,30-,31?,32+,33?,34-,38-;;;/m0.../s1. The Labute approximate surface area is 451 Å². The number of cyclic esters (lactones) is 1. The molecule has 3 aliphatic heterocycles. The summed E-state index contributed by atoms with van der Waals surface area (Å²) in [6.45, 7) is 1.88. The van der Waals surface area contributed by atoms with Crippen molar-refractivity contribution in [1.82, 2.24) is 4.72 Å². The maximum atomic E-state index is 12.9. The van der Waals surface area contributed by atoms with Gasteiger partial charge in [0.15, 0.2) is 16.1 Å². The molecule has 0 amide bonds. The van der Waals surface area contributed by atoms with Crippen molar-refractivity contribution in [2.75, 3.05) is 26.4 Å². The Morgan fingerprint density at radius 1 is 0.923 bits per heavy atom. The van der Waals surface area contributed by atoms with Crippen LogP contribution in [0.5, 0.6) is 0 Å². The summed E-state index contributed by atoms with van der Waals surface area (Å²) in [6.07, 6.45) is 9.99. The molecule has 2 saturated heterocycles. The van der Waals surface area contributed by atoms with Crippen molar-refractivity contribution in [3.8, 4) is 0 Å². The third-order valence-corrected chi connectivity index (χ3v) is 11.9. The summed E-state index contributed by atoms with van der Waals surface area (Å²) >= 11 is 0. The normalized spacial score (nSPS) is 25.7. The number of carbonyl (C=O) groups excluding carboxylic acids is 2. The Morgan fingerprint density at radius 2 is 1.58 bits per heavy atom. The summed E-state index contributed by atoms with van der Waals surface area (Å²) in [6, 6.07) is -1.45. The molecule has 3 bridgehead atoms. The van der Waals surface area contributed by atoms with Crippen LogP contribution in [0, 0.1) is 5.92 Å². The van der Waals surface area contributed by atoms with E-state index in [4.69, 9.17) is 27.9 Å². The van der Waals surface area contributed by atoms with Gasteiger partial charge in [-0.05, 0) is 63.2 Å². The number of aliphatic imine (C=N–C) groups is 1. The maximum absolute atomic E-state index is 12.9. The molecule has 7 atom stereocenters. The fourth-order valence-corrected chi connectivity index (χ4v) is 9.10. The van der Waals surface area contributed by atoms with Gasteiger partial charge < -0.3 is 37.9 Å². The molecule has 0 aromatic rings. The fraction of sp³-hybridized carbons (Fsp3) is 0.868. The molecule has 3 heterocycles. The first-order valence-corrected chi connectivity index (χ1v) is 25.4. The topological polar surface area (TPSA) is 315 Å². The largest absolute Gasteiger partial charge is 1.00 e. The third kappa shape index (κ3) is 30.2. The van der Waals surface area contributed by atoms with Crippen molar-refractivity contribution >= 4 is 48.9 Å². The van der Waals surface area contributed by atoms with Crippen LogP contribution in [0.15, 0.2) is 17.1 Å². The van der Waals surface area contributed by atoms with E-state index in [1.54, 1.807) is 10.8 Å². The zero-order valence-electron chi connectivity index (χ0n) is 38.4. The van der Waals surface area contributed by atoms with Crippen LogP contribution < -0.4 is 98.5 Å². The Hall–Kier alpha value is 0.640. The maximum Gasteiger partial charge on any atom is 1.00 e. The second-order valence-electron chi connectivity index (χ2n) is 16.4. The Kier molecular flexibility index (Phi) is 33.6. The fourth-order valence-electron chi connectivity index (χ4n) is 7.69. The summed E-state index contributed by atoms with van der Waals surface area (Å²) in [5, 5.41) is 12.4. The van der Waals surface area contributed by atoms with Gasteiger partial charge in [-0.15, -0.1) is 0 Å². The van der Waals surface area contributed by atoms with Gasteiger partial charge in [0.25, 0.3) is 0 Å². The van der Waals surface area contributed by atoms with E-state index < -0.39 is 86.8 Å². The van der Waals surface area contributed by atoms with Gasteiger partial charge in [-0.25, -0.2) is 25.7 Å². The number of nitrogens with one attached hydrogen (secondary N) is 1. The van der Waals surface area contributed by atoms with Crippen LogP contribution in [0.1, 0.15) is 136 Å². The van der Waals surface area contributed by atoms with Gasteiger partial charge in [0.2, 0.25) is 10.4 Å². The molecular weight excluding hydrogens is 954 g/mol. The molecular formula is C38H63N2Na3O19S3. The smallest absolute Gasteiger partial charge is 0.859 e. The molecule has 27 heteroatoms. The third-order valence-electron chi connectivity index (χ3n) is 10.3. The van der Waals surface area contributed by atoms with Crippen molar-refractivity contribution in [1.29, 1.82) is 0 Å². The molecule has 0 aromatic carbocycles. The van der Waals surface area contributed by atoms with E-state index in [-0.39, 0.29) is 138 Å². The molecule has 3 rings (SSSR count). The Morgan fingerprint density at radius 3 is 2.26 bits per heavy atom. The second-order valence-corrected chi connectivity index (χ2v) is 19.6. The van der Waals surface area contributed by atoms with Crippen molar-refractivity contribution in [3.63, 3.8) is 0 Å². The first-order valence-electron chi connectivity index (χ1n) is 21.3. The molecule has 1 spiro atoms. The predicted molar refractivity (Wildman–Crippen MR) is 216 cm³/mol. The predicted octanol–water partition coefficient (Wildman–Crippen LogP) is -6.19. The minimum atomic E-state index is -5.16. The van der Waals surface area contributed by atoms with E-state index in [0.29, 0.717) is 83.5 Å². The van der Waals surface area contributed by atoms with Gasteiger partial charge in [-0.3, -0.25) is 23.3 Å². The van der Waals surface area contributed by atoms with Gasteiger partial charge in [-0.2, -0.15) is 8.42 Å². The van der Waals surface area contributed by atoms with E-state index in [1.165, 1.54) is 6.08 Å². The van der Waals surface area contributed by atoms with Gasteiger partial charge >= 0.3 is 111 Å². The number of hydrogen-bond acceptors (Lipinski definition) is 19. The first-order chi connectivity index (χ1) is 29.1. The molecule has 0 aromatic heterocycles. The number of unbranched alkanes of at least 4 members (excludes halogenated alkanes) is 3. The van der Waals surface area contributed by atoms with Crippen LogP contribution in [-0.4, -0.2) is 125 Å². The van der Waals surface area contributed by atoms with E-state index in [2.05, 4.69) is 9.18 Å². The Balaban J connectivity index is 0.0000137. The summed E-state index contributed by atoms with van der Waals surface area (Å²) in [7, 11) is -15.2. The van der Waals surface area contributed by atoms with Crippen molar-refractivity contribution in [3.05, 3.63) is 12.2 Å². The van der Waals surface area contributed by atoms with Crippen LogP contribution in [0.25, 0.3) is 0 Å². The summed E-state index contributed by atoms with van der Waals surface area (Å²) < 4.78 is 139. The quantitative estimate of drug-likeness (QED) is 0.0377. The van der Waals surface area contributed by atoms with E-state index in [0.717, 1.165) is 25.7 Å². The summed E-state index contributed by atoms with van der Waals surface area (Å²) in [5.74, 6) is -2.51. The van der Waals surface area contributed by atoms with E-state index in [9.17, 15) is 53.6 Å². The van der Waals surface area contributed by atoms with Gasteiger partial charge in [0.05, 0.1) is 31.5 Å². The summed E-state index contributed by atoms with van der Waals surface area (Å²) in [5.41, 5.74) is 0. The van der Waals surface area contributed by atoms with Crippen LogP contribution in [0.2, 0.25) is 0 Å². The number of carbonyl (C=O) groups is 2. The van der Waals surface area contributed by atoms with E-state index in [1.807, 2.05) is 13.8 Å². The molecule has 65 heavy (non-hydrogen) atoms. The van der Waals surface area contributed by atoms with Crippen molar-refractivity contribution in [2.45, 2.75) is 178 Å². The zero-order chi connectivity index (χ0) is 45.8. The number of rotatable bonds is 20. The van der Waals surface area contributed by atoms with Crippen LogP contribution in [0.4, 0.5) is 0 Å². The van der Waals surface area contributed by atoms with Crippen LogP contribution in [0.3, 0.4) is 0 Å². The molecule has 21 nitrogen and oxygen atoms in total. The van der Waals surface area contributed by atoms with Gasteiger partial charge in [-0.1, -0.05) is 70.9 Å². The first kappa shape index (κ1) is 65.6. The number of ether oxygens (including phenoxy) is 5. The monoisotopic (exact) mass is 1020 g/mol. The van der Waals surface area contributed by atoms with Crippen molar-refractivity contribution < 1.29 is 174 Å². The zero-order valence-corrected chi connectivity index (χ0v) is 46.9. The molecule has 0 aliphatic carbocycles. The Bertz CT molecular complexity index is 1790. The summed E-state index contributed by atoms with van der Waals surface area (Å²) in [4.78, 5) is 29.3. The molecule has 360 valence electrons. The van der Waals surface area contributed by atoms with Gasteiger partial charge in [0.1, 0.15) is 24.9 Å². The van der Waals surface area contributed by atoms with E-state index >= 15 is 0 Å². The average Bonchev–Trinajstić information content (AvgIpc) is 3.40.